The number of likely N-dealkylation sites (tertiary alicyclic amines) is 2. The molecule has 3 aliphatic rings. The summed E-state index contributed by atoms with van der Waals surface area (Å²) in [6.45, 7) is 11.7. The number of rotatable bonds is 3. The van der Waals surface area contributed by atoms with Gasteiger partial charge in [-0.2, -0.15) is 0 Å². The molecule has 3 heterocycles. The zero-order valence-electron chi connectivity index (χ0n) is 12.7. The van der Waals surface area contributed by atoms with Crippen molar-refractivity contribution in [3.05, 3.63) is 0 Å². The van der Waals surface area contributed by atoms with Gasteiger partial charge >= 0.3 is 0 Å². The van der Waals surface area contributed by atoms with Gasteiger partial charge < -0.3 is 10.2 Å². The molecule has 3 aliphatic heterocycles. The molecule has 0 amide bonds. The lowest BCUT2D eigenvalue weighted by molar-refractivity contribution is 0.126. The van der Waals surface area contributed by atoms with Crippen LogP contribution in [0.4, 0.5) is 0 Å². The molecule has 1 atom stereocenters. The first-order valence-electron chi connectivity index (χ1n) is 8.42. The molecule has 3 heteroatoms. The third-order valence-corrected chi connectivity index (χ3v) is 5.57. The van der Waals surface area contributed by atoms with E-state index in [0.29, 0.717) is 5.41 Å². The van der Waals surface area contributed by atoms with Crippen LogP contribution in [0.25, 0.3) is 0 Å². The van der Waals surface area contributed by atoms with Crippen LogP contribution in [-0.2, 0) is 0 Å². The molecule has 3 saturated heterocycles. The maximum Gasteiger partial charge on any atom is 0.0235 e. The molecule has 19 heavy (non-hydrogen) atoms. The number of hydrogen-bond acceptors (Lipinski definition) is 3. The molecule has 0 aromatic heterocycles. The van der Waals surface area contributed by atoms with Gasteiger partial charge in [0.15, 0.2) is 0 Å². The van der Waals surface area contributed by atoms with Crippen molar-refractivity contribution in [1.29, 1.82) is 0 Å². The van der Waals surface area contributed by atoms with Gasteiger partial charge in [0, 0.05) is 19.1 Å². The normalized spacial score (nSPS) is 33.6. The van der Waals surface area contributed by atoms with Crippen LogP contribution >= 0.6 is 0 Å². The predicted octanol–water partition coefficient (Wildman–Crippen LogP) is 1.94. The van der Waals surface area contributed by atoms with E-state index in [0.717, 1.165) is 6.04 Å². The standard InChI is InChI=1S/C16H31N3/c1-16(6-8-17-9-7-16)14-18-12-5-15(13-18)19-10-3-2-4-11-19/h15,17H,2-14H2,1H3. The number of nitrogens with one attached hydrogen (secondary N) is 1. The SMILES string of the molecule is CC1(CN2CCC(N3CCCCC3)C2)CCNCC1. The highest BCUT2D eigenvalue weighted by atomic mass is 15.3. The fraction of sp³-hybridized carbons (Fsp3) is 1.00. The van der Waals surface area contributed by atoms with Crippen LogP contribution < -0.4 is 5.32 Å². The van der Waals surface area contributed by atoms with E-state index < -0.39 is 0 Å². The van der Waals surface area contributed by atoms with Crippen molar-refractivity contribution in [2.45, 2.75) is 51.5 Å². The molecule has 3 rings (SSSR count). The van der Waals surface area contributed by atoms with Gasteiger partial charge in [-0.05, 0) is 70.2 Å². The summed E-state index contributed by atoms with van der Waals surface area (Å²) in [4.78, 5) is 5.53. The van der Waals surface area contributed by atoms with Gasteiger partial charge in [0.25, 0.3) is 0 Å². The fourth-order valence-corrected chi connectivity index (χ4v) is 4.27. The van der Waals surface area contributed by atoms with Crippen molar-refractivity contribution in [2.24, 2.45) is 5.41 Å². The summed E-state index contributed by atoms with van der Waals surface area (Å²) < 4.78 is 0. The lowest BCUT2D eigenvalue weighted by Gasteiger charge is -2.38. The minimum Gasteiger partial charge on any atom is -0.317 e. The van der Waals surface area contributed by atoms with Crippen LogP contribution in [0.1, 0.15) is 45.4 Å². The maximum atomic E-state index is 3.50. The molecule has 3 fully saturated rings. The van der Waals surface area contributed by atoms with Gasteiger partial charge in [-0.25, -0.2) is 0 Å². The molecule has 0 aromatic carbocycles. The zero-order valence-corrected chi connectivity index (χ0v) is 12.7. The molecule has 0 spiro atoms. The van der Waals surface area contributed by atoms with Gasteiger partial charge in [0.2, 0.25) is 0 Å². The minimum atomic E-state index is 0.571. The first-order chi connectivity index (χ1) is 9.25. The van der Waals surface area contributed by atoms with Crippen LogP contribution in [-0.4, -0.2) is 61.7 Å². The predicted molar refractivity (Wildman–Crippen MR) is 80.5 cm³/mol. The molecule has 110 valence electrons. The van der Waals surface area contributed by atoms with Crippen LogP contribution in [0.15, 0.2) is 0 Å². The number of nitrogens with zero attached hydrogens (tertiary/aromatic N) is 2. The Morgan fingerprint density at radius 3 is 2.53 bits per heavy atom. The quantitative estimate of drug-likeness (QED) is 0.841. The Bertz CT molecular complexity index is 280. The Labute approximate surface area is 118 Å². The van der Waals surface area contributed by atoms with Gasteiger partial charge in [0.05, 0.1) is 0 Å². The molecule has 0 aromatic rings. The first kappa shape index (κ1) is 13.8. The van der Waals surface area contributed by atoms with E-state index in [1.165, 1.54) is 84.3 Å². The van der Waals surface area contributed by atoms with E-state index in [4.69, 9.17) is 0 Å². The molecule has 0 radical (unpaired) electrons. The lowest BCUT2D eigenvalue weighted by Crippen LogP contribution is -2.44. The number of hydrogen-bond donors (Lipinski definition) is 1. The third-order valence-electron chi connectivity index (χ3n) is 5.57. The molecule has 3 nitrogen and oxygen atoms in total. The maximum absolute atomic E-state index is 3.50. The van der Waals surface area contributed by atoms with E-state index in [2.05, 4.69) is 22.0 Å². The fourth-order valence-electron chi connectivity index (χ4n) is 4.27. The lowest BCUT2D eigenvalue weighted by atomic mass is 9.80. The summed E-state index contributed by atoms with van der Waals surface area (Å²) in [6, 6.07) is 0.866. The topological polar surface area (TPSA) is 18.5 Å². The highest BCUT2D eigenvalue weighted by Gasteiger charge is 2.34. The largest absolute Gasteiger partial charge is 0.317 e. The van der Waals surface area contributed by atoms with E-state index in [1.54, 1.807) is 0 Å². The van der Waals surface area contributed by atoms with E-state index in [9.17, 15) is 0 Å². The average molecular weight is 265 g/mol. The van der Waals surface area contributed by atoms with Crippen LogP contribution in [0, 0.1) is 5.41 Å². The average Bonchev–Trinajstić information content (AvgIpc) is 2.88. The molecule has 0 saturated carbocycles. The second-order valence-electron chi connectivity index (χ2n) is 7.33. The minimum absolute atomic E-state index is 0.571. The third kappa shape index (κ3) is 3.50. The summed E-state index contributed by atoms with van der Waals surface area (Å²) in [6.07, 6.45) is 8.45. The molecule has 1 unspecified atom stereocenters. The Balaban J connectivity index is 1.48. The summed E-state index contributed by atoms with van der Waals surface area (Å²) in [5, 5.41) is 3.50. The van der Waals surface area contributed by atoms with Crippen LogP contribution in [0.2, 0.25) is 0 Å². The van der Waals surface area contributed by atoms with Crippen LogP contribution in [0.3, 0.4) is 0 Å². The van der Waals surface area contributed by atoms with Crippen molar-refractivity contribution >= 4 is 0 Å². The van der Waals surface area contributed by atoms with Crippen molar-refractivity contribution < 1.29 is 0 Å². The smallest absolute Gasteiger partial charge is 0.0235 e. The second kappa shape index (κ2) is 6.11. The highest BCUT2D eigenvalue weighted by Crippen LogP contribution is 2.31. The summed E-state index contributed by atoms with van der Waals surface area (Å²) in [7, 11) is 0. The van der Waals surface area contributed by atoms with E-state index in [-0.39, 0.29) is 0 Å². The molecule has 0 bridgehead atoms. The molecule has 0 aliphatic carbocycles. The zero-order chi connectivity index (χ0) is 13.1. The van der Waals surface area contributed by atoms with Crippen molar-refractivity contribution in [2.75, 3.05) is 45.8 Å². The highest BCUT2D eigenvalue weighted by molar-refractivity contribution is 4.90. The first-order valence-corrected chi connectivity index (χ1v) is 8.42. The van der Waals surface area contributed by atoms with E-state index >= 15 is 0 Å². The Kier molecular flexibility index (Phi) is 4.45. The van der Waals surface area contributed by atoms with Crippen molar-refractivity contribution in [3.8, 4) is 0 Å². The van der Waals surface area contributed by atoms with Gasteiger partial charge in [-0.1, -0.05) is 13.3 Å². The Hall–Kier alpha value is -0.120. The Morgan fingerprint density at radius 2 is 1.79 bits per heavy atom. The molecule has 1 N–H and O–H groups in total. The second-order valence-corrected chi connectivity index (χ2v) is 7.33. The summed E-state index contributed by atoms with van der Waals surface area (Å²) in [5.74, 6) is 0. The summed E-state index contributed by atoms with van der Waals surface area (Å²) >= 11 is 0. The van der Waals surface area contributed by atoms with E-state index in [1.807, 2.05) is 0 Å². The molecular weight excluding hydrogens is 234 g/mol. The number of piperidine rings is 2. The summed E-state index contributed by atoms with van der Waals surface area (Å²) in [5.41, 5.74) is 0.571. The van der Waals surface area contributed by atoms with Gasteiger partial charge in [0.1, 0.15) is 0 Å². The van der Waals surface area contributed by atoms with Crippen LogP contribution in [0.5, 0.6) is 0 Å². The Morgan fingerprint density at radius 1 is 1.05 bits per heavy atom. The van der Waals surface area contributed by atoms with Crippen molar-refractivity contribution in [3.63, 3.8) is 0 Å². The molecular formula is C16H31N3. The monoisotopic (exact) mass is 265 g/mol. The van der Waals surface area contributed by atoms with Crippen molar-refractivity contribution in [1.82, 2.24) is 15.1 Å². The van der Waals surface area contributed by atoms with Gasteiger partial charge in [-0.3, -0.25) is 4.90 Å². The van der Waals surface area contributed by atoms with Gasteiger partial charge in [-0.15, -0.1) is 0 Å².